The third kappa shape index (κ3) is 4.68. The minimum atomic E-state index is -3.79. The van der Waals surface area contributed by atoms with Gasteiger partial charge in [-0.1, -0.05) is 23.4 Å². The minimum absolute atomic E-state index is 0.0571. The summed E-state index contributed by atoms with van der Waals surface area (Å²) < 4.78 is 27.0. The molecule has 0 spiro atoms. The number of hydrogen-bond acceptors (Lipinski definition) is 5. The van der Waals surface area contributed by atoms with E-state index in [2.05, 4.69) is 5.32 Å². The number of hydroxylamine groups is 1. The molecule has 1 aromatic carbocycles. The second-order valence-electron chi connectivity index (χ2n) is 6.21. The Morgan fingerprint density at radius 2 is 2.04 bits per heavy atom. The van der Waals surface area contributed by atoms with Gasteiger partial charge in [0.2, 0.25) is 5.91 Å². The highest BCUT2D eigenvalue weighted by molar-refractivity contribution is 7.89. The van der Waals surface area contributed by atoms with Crippen molar-refractivity contribution in [3.8, 4) is 0 Å². The number of carbonyl (C=O) groups is 1. The number of carbonyl (C=O) groups excluding carboxylic acids is 1. The topological polar surface area (TPSA) is 102 Å². The predicted molar refractivity (Wildman–Crippen MR) is 91.6 cm³/mol. The number of anilines is 1. The van der Waals surface area contributed by atoms with Crippen molar-refractivity contribution < 1.29 is 18.0 Å². The number of amides is 1. The van der Waals surface area contributed by atoms with Crippen LogP contribution in [-0.4, -0.2) is 37.5 Å². The lowest BCUT2D eigenvalue weighted by molar-refractivity contribution is -0.146. The number of nitrogens with two attached hydrogens (primary N) is 1. The summed E-state index contributed by atoms with van der Waals surface area (Å²) in [6.45, 7) is 3.50. The second-order valence-corrected chi connectivity index (χ2v) is 8.00. The highest BCUT2D eigenvalue weighted by Gasteiger charge is 2.32. The summed E-state index contributed by atoms with van der Waals surface area (Å²) >= 11 is 0. The van der Waals surface area contributed by atoms with Crippen molar-refractivity contribution in [2.75, 3.05) is 11.9 Å². The van der Waals surface area contributed by atoms with Gasteiger partial charge in [0.15, 0.2) is 0 Å². The predicted octanol–water partition coefficient (Wildman–Crippen LogP) is 1.86. The fraction of sp³-hybridized carbons (Fsp3) is 0.562. The van der Waals surface area contributed by atoms with Crippen molar-refractivity contribution in [1.82, 2.24) is 4.47 Å². The Morgan fingerprint density at radius 1 is 1.38 bits per heavy atom. The van der Waals surface area contributed by atoms with Gasteiger partial charge in [-0.25, -0.2) is 8.42 Å². The number of nitrogens with zero attached hydrogens (tertiary/aromatic N) is 1. The number of rotatable bonds is 8. The van der Waals surface area contributed by atoms with E-state index in [0.29, 0.717) is 5.69 Å². The van der Waals surface area contributed by atoms with Crippen molar-refractivity contribution in [3.63, 3.8) is 0 Å². The normalized spacial score (nSPS) is 16.0. The molecule has 1 aliphatic rings. The molecule has 1 saturated carbocycles. The van der Waals surface area contributed by atoms with Crippen LogP contribution in [0.5, 0.6) is 0 Å². The van der Waals surface area contributed by atoms with Crippen LogP contribution in [-0.2, 0) is 19.7 Å². The Kier molecular flexibility index (Phi) is 6.20. The highest BCUT2D eigenvalue weighted by Crippen LogP contribution is 2.27. The molecule has 8 heteroatoms. The fourth-order valence-corrected chi connectivity index (χ4v) is 4.18. The molecule has 0 atom stereocenters. The summed E-state index contributed by atoms with van der Waals surface area (Å²) in [4.78, 5) is 16.8. The molecule has 0 aromatic heterocycles. The lowest BCUT2D eigenvalue weighted by atomic mass is 10.3. The van der Waals surface area contributed by atoms with Crippen LogP contribution in [0.2, 0.25) is 0 Å². The van der Waals surface area contributed by atoms with Crippen LogP contribution >= 0.6 is 0 Å². The van der Waals surface area contributed by atoms with E-state index in [9.17, 15) is 13.2 Å². The van der Waals surface area contributed by atoms with Crippen molar-refractivity contribution in [1.29, 1.82) is 0 Å². The van der Waals surface area contributed by atoms with E-state index in [1.165, 1.54) is 12.1 Å². The van der Waals surface area contributed by atoms with Crippen molar-refractivity contribution in [2.24, 2.45) is 5.73 Å². The van der Waals surface area contributed by atoms with Gasteiger partial charge in [0, 0.05) is 11.7 Å². The number of primary amides is 1. The van der Waals surface area contributed by atoms with Crippen LogP contribution in [0.15, 0.2) is 29.2 Å². The van der Waals surface area contributed by atoms with Crippen LogP contribution < -0.4 is 11.1 Å². The molecule has 1 fully saturated rings. The largest absolute Gasteiger partial charge is 0.376 e. The zero-order valence-corrected chi connectivity index (χ0v) is 14.9. The van der Waals surface area contributed by atoms with E-state index in [4.69, 9.17) is 10.6 Å². The molecule has 0 bridgehead atoms. The van der Waals surface area contributed by atoms with Gasteiger partial charge in [0.25, 0.3) is 10.0 Å². The summed E-state index contributed by atoms with van der Waals surface area (Å²) in [5.41, 5.74) is 5.61. The van der Waals surface area contributed by atoms with Gasteiger partial charge in [-0.2, -0.15) is 0 Å². The average molecular weight is 355 g/mol. The highest BCUT2D eigenvalue weighted by atomic mass is 32.2. The molecule has 0 saturated heterocycles. The molecule has 1 aliphatic carbocycles. The Hall–Kier alpha value is -1.64. The third-order valence-electron chi connectivity index (χ3n) is 3.81. The number of hydrogen-bond donors (Lipinski definition) is 2. The first-order chi connectivity index (χ1) is 11.3. The van der Waals surface area contributed by atoms with Crippen LogP contribution in [0.25, 0.3) is 0 Å². The maximum atomic E-state index is 12.9. The maximum absolute atomic E-state index is 12.9. The molecule has 0 heterocycles. The molecular formula is C16H25N3O4S. The van der Waals surface area contributed by atoms with E-state index < -0.39 is 15.9 Å². The van der Waals surface area contributed by atoms with E-state index in [-0.39, 0.29) is 23.6 Å². The summed E-state index contributed by atoms with van der Waals surface area (Å²) in [6.07, 6.45) is 3.81. The molecule has 0 unspecified atom stereocenters. The van der Waals surface area contributed by atoms with Crippen LogP contribution in [0.3, 0.4) is 0 Å². The Labute approximate surface area is 143 Å². The molecule has 7 nitrogen and oxygen atoms in total. The molecule has 24 heavy (non-hydrogen) atoms. The monoisotopic (exact) mass is 355 g/mol. The zero-order chi connectivity index (χ0) is 17.7. The van der Waals surface area contributed by atoms with E-state index in [1.807, 2.05) is 0 Å². The molecule has 2 rings (SSSR count). The first-order valence-electron chi connectivity index (χ1n) is 8.14. The number of benzene rings is 1. The molecule has 1 amide bonds. The Morgan fingerprint density at radius 3 is 2.62 bits per heavy atom. The van der Waals surface area contributed by atoms with Crippen LogP contribution in [0, 0.1) is 0 Å². The lowest BCUT2D eigenvalue weighted by Gasteiger charge is -2.28. The summed E-state index contributed by atoms with van der Waals surface area (Å²) in [7, 11) is -3.79. The van der Waals surface area contributed by atoms with Gasteiger partial charge >= 0.3 is 0 Å². The fourth-order valence-electron chi connectivity index (χ4n) is 2.66. The Bertz CT molecular complexity index is 670. The number of nitrogens with one attached hydrogen (secondary N) is 1. The van der Waals surface area contributed by atoms with E-state index >= 15 is 0 Å². The van der Waals surface area contributed by atoms with Gasteiger partial charge in [-0.3, -0.25) is 9.63 Å². The van der Waals surface area contributed by atoms with E-state index in [0.717, 1.165) is 30.2 Å². The summed E-state index contributed by atoms with van der Waals surface area (Å²) in [5.74, 6) is -0.517. The van der Waals surface area contributed by atoms with Gasteiger partial charge in [0.1, 0.15) is 0 Å². The van der Waals surface area contributed by atoms with Gasteiger partial charge in [0.05, 0.1) is 17.5 Å². The smallest absolute Gasteiger partial charge is 0.265 e. The average Bonchev–Trinajstić information content (AvgIpc) is 3.03. The zero-order valence-electron chi connectivity index (χ0n) is 14.1. The summed E-state index contributed by atoms with van der Waals surface area (Å²) in [5, 5.41) is 2.80. The lowest BCUT2D eigenvalue weighted by Crippen LogP contribution is -2.39. The molecule has 3 N–H and O–H groups in total. The van der Waals surface area contributed by atoms with Crippen molar-refractivity contribution in [2.45, 2.75) is 56.6 Å². The van der Waals surface area contributed by atoms with Gasteiger partial charge in [-0.15, -0.1) is 0 Å². The van der Waals surface area contributed by atoms with Gasteiger partial charge in [-0.05, 0) is 44.9 Å². The molecule has 1 aromatic rings. The maximum Gasteiger partial charge on any atom is 0.265 e. The second kappa shape index (κ2) is 7.96. The van der Waals surface area contributed by atoms with Crippen molar-refractivity contribution >= 4 is 21.6 Å². The standard InChI is InChI=1S/C16H25N3O4S/c1-12(2)19(23-14-7-3-4-8-14)24(21,22)15-9-5-6-13(10-15)18-11-16(17)20/h5-6,9-10,12,14,18H,3-4,7-8,11H2,1-2H3,(H2,17,20). The first kappa shape index (κ1) is 18.7. The molecular weight excluding hydrogens is 330 g/mol. The molecule has 134 valence electrons. The molecule has 0 radical (unpaired) electrons. The van der Waals surface area contributed by atoms with Crippen molar-refractivity contribution in [3.05, 3.63) is 24.3 Å². The Balaban J connectivity index is 2.22. The number of sulfonamides is 1. The quantitative estimate of drug-likeness (QED) is 0.693. The molecule has 0 aliphatic heterocycles. The summed E-state index contributed by atoms with van der Waals surface area (Å²) in [6, 6.07) is 5.96. The van der Waals surface area contributed by atoms with E-state index in [1.54, 1.807) is 26.0 Å². The first-order valence-corrected chi connectivity index (χ1v) is 9.58. The van der Waals surface area contributed by atoms with Crippen LogP contribution in [0.1, 0.15) is 39.5 Å². The van der Waals surface area contributed by atoms with Crippen LogP contribution in [0.4, 0.5) is 5.69 Å². The van der Waals surface area contributed by atoms with Gasteiger partial charge < -0.3 is 11.1 Å². The minimum Gasteiger partial charge on any atom is -0.376 e. The SMILES string of the molecule is CC(C)N(OC1CCCC1)S(=O)(=O)c1cccc(NCC(N)=O)c1. The third-order valence-corrected chi connectivity index (χ3v) is 5.64.